The van der Waals surface area contributed by atoms with Gasteiger partial charge in [0.2, 0.25) is 0 Å². The Morgan fingerprint density at radius 2 is 2.06 bits per heavy atom. The summed E-state index contributed by atoms with van der Waals surface area (Å²) in [7, 11) is 1.85. The quantitative estimate of drug-likeness (QED) is 0.788. The first-order chi connectivity index (χ1) is 7.70. The normalized spacial score (nSPS) is 36.4. The Balaban J connectivity index is 1.78. The lowest BCUT2D eigenvalue weighted by Crippen LogP contribution is -2.45. The number of nitrogens with one attached hydrogen (secondary N) is 1. The van der Waals surface area contributed by atoms with Crippen LogP contribution in [0.3, 0.4) is 0 Å². The minimum Gasteiger partial charge on any atom is -0.380 e. The standard InChI is InChI=1S/C13H26N2O/c1-10(2)15-8-7-11(9-15)14-12-5-4-6-13(12)16-3/h10-14H,4-9H2,1-3H3. The molecule has 0 aromatic carbocycles. The molecule has 1 saturated carbocycles. The molecule has 1 N–H and O–H groups in total. The van der Waals surface area contributed by atoms with E-state index >= 15 is 0 Å². The largest absolute Gasteiger partial charge is 0.380 e. The molecule has 0 aromatic rings. The molecule has 0 radical (unpaired) electrons. The van der Waals surface area contributed by atoms with Crippen molar-refractivity contribution in [2.24, 2.45) is 0 Å². The highest BCUT2D eigenvalue weighted by molar-refractivity contribution is 4.90. The highest BCUT2D eigenvalue weighted by Crippen LogP contribution is 2.23. The SMILES string of the molecule is COC1CCCC1NC1CCN(C(C)C)C1. The van der Waals surface area contributed by atoms with Crippen molar-refractivity contribution >= 4 is 0 Å². The third-order valence-electron chi connectivity index (χ3n) is 4.16. The van der Waals surface area contributed by atoms with Crippen molar-refractivity contribution in [3.05, 3.63) is 0 Å². The van der Waals surface area contributed by atoms with Gasteiger partial charge in [0, 0.05) is 31.8 Å². The lowest BCUT2D eigenvalue weighted by molar-refractivity contribution is 0.0813. The Kier molecular flexibility index (Phi) is 4.22. The molecule has 2 aliphatic rings. The van der Waals surface area contributed by atoms with Gasteiger partial charge in [-0.25, -0.2) is 0 Å². The van der Waals surface area contributed by atoms with E-state index in [4.69, 9.17) is 4.74 Å². The van der Waals surface area contributed by atoms with Crippen LogP contribution in [-0.4, -0.2) is 49.3 Å². The van der Waals surface area contributed by atoms with E-state index < -0.39 is 0 Å². The number of nitrogens with zero attached hydrogens (tertiary/aromatic N) is 1. The van der Waals surface area contributed by atoms with Crippen LogP contribution in [0.15, 0.2) is 0 Å². The maximum absolute atomic E-state index is 5.53. The molecule has 3 unspecified atom stereocenters. The zero-order valence-corrected chi connectivity index (χ0v) is 10.9. The summed E-state index contributed by atoms with van der Waals surface area (Å²) >= 11 is 0. The monoisotopic (exact) mass is 226 g/mol. The van der Waals surface area contributed by atoms with Gasteiger partial charge < -0.3 is 10.1 Å². The Morgan fingerprint density at radius 1 is 1.25 bits per heavy atom. The molecule has 3 heteroatoms. The number of hydrogen-bond acceptors (Lipinski definition) is 3. The molecule has 0 amide bonds. The maximum atomic E-state index is 5.53. The fourth-order valence-corrected chi connectivity index (χ4v) is 3.09. The summed E-state index contributed by atoms with van der Waals surface area (Å²) in [6, 6.07) is 1.97. The molecular formula is C13H26N2O. The van der Waals surface area contributed by atoms with Crippen LogP contribution in [0.2, 0.25) is 0 Å². The lowest BCUT2D eigenvalue weighted by atomic mass is 10.1. The van der Waals surface area contributed by atoms with Crippen LogP contribution in [-0.2, 0) is 4.74 Å². The average Bonchev–Trinajstić information content (AvgIpc) is 2.87. The van der Waals surface area contributed by atoms with E-state index in [1.54, 1.807) is 0 Å². The van der Waals surface area contributed by atoms with Crippen molar-refractivity contribution in [2.75, 3.05) is 20.2 Å². The molecule has 1 saturated heterocycles. The van der Waals surface area contributed by atoms with Crippen LogP contribution < -0.4 is 5.32 Å². The van der Waals surface area contributed by atoms with Gasteiger partial charge >= 0.3 is 0 Å². The minimum absolute atomic E-state index is 0.452. The molecule has 1 heterocycles. The Bertz CT molecular complexity index is 220. The maximum Gasteiger partial charge on any atom is 0.0724 e. The fourth-order valence-electron chi connectivity index (χ4n) is 3.09. The second kappa shape index (κ2) is 5.48. The van der Waals surface area contributed by atoms with Crippen molar-refractivity contribution in [3.8, 4) is 0 Å². The fraction of sp³-hybridized carbons (Fsp3) is 1.00. The summed E-state index contributed by atoms with van der Waals surface area (Å²) in [5, 5.41) is 3.80. The van der Waals surface area contributed by atoms with Crippen LogP contribution >= 0.6 is 0 Å². The van der Waals surface area contributed by atoms with Crippen molar-refractivity contribution in [3.63, 3.8) is 0 Å². The molecule has 0 spiro atoms. The smallest absolute Gasteiger partial charge is 0.0724 e. The molecule has 0 aromatic heterocycles. The lowest BCUT2D eigenvalue weighted by Gasteiger charge is -2.25. The van der Waals surface area contributed by atoms with E-state index in [-0.39, 0.29) is 0 Å². The summed E-state index contributed by atoms with van der Waals surface area (Å²) in [5.74, 6) is 0. The number of methoxy groups -OCH3 is 1. The van der Waals surface area contributed by atoms with E-state index in [1.807, 2.05) is 7.11 Å². The van der Waals surface area contributed by atoms with Gasteiger partial charge in [-0.3, -0.25) is 4.90 Å². The summed E-state index contributed by atoms with van der Waals surface area (Å²) in [6.07, 6.45) is 5.58. The van der Waals surface area contributed by atoms with Crippen molar-refractivity contribution < 1.29 is 4.74 Å². The first-order valence-corrected chi connectivity index (χ1v) is 6.73. The Labute approximate surface area is 99.5 Å². The number of ether oxygens (including phenoxy) is 1. The number of hydrogen-bond donors (Lipinski definition) is 1. The highest BCUT2D eigenvalue weighted by Gasteiger charge is 2.31. The molecule has 16 heavy (non-hydrogen) atoms. The summed E-state index contributed by atoms with van der Waals surface area (Å²) < 4.78 is 5.53. The summed E-state index contributed by atoms with van der Waals surface area (Å²) in [5.41, 5.74) is 0. The molecule has 3 nitrogen and oxygen atoms in total. The van der Waals surface area contributed by atoms with E-state index in [0.29, 0.717) is 24.2 Å². The molecule has 1 aliphatic carbocycles. The van der Waals surface area contributed by atoms with Gasteiger partial charge in [0.15, 0.2) is 0 Å². The van der Waals surface area contributed by atoms with E-state index in [0.717, 1.165) is 0 Å². The third-order valence-corrected chi connectivity index (χ3v) is 4.16. The van der Waals surface area contributed by atoms with Gasteiger partial charge in [-0.15, -0.1) is 0 Å². The van der Waals surface area contributed by atoms with Crippen molar-refractivity contribution in [1.82, 2.24) is 10.2 Å². The van der Waals surface area contributed by atoms with Gasteiger partial charge in [0.25, 0.3) is 0 Å². The zero-order valence-electron chi connectivity index (χ0n) is 10.9. The number of rotatable bonds is 4. The second-order valence-corrected chi connectivity index (χ2v) is 5.55. The van der Waals surface area contributed by atoms with E-state index in [9.17, 15) is 0 Å². The predicted molar refractivity (Wildman–Crippen MR) is 66.7 cm³/mol. The van der Waals surface area contributed by atoms with E-state index in [2.05, 4.69) is 24.1 Å². The molecule has 2 fully saturated rings. The zero-order chi connectivity index (χ0) is 11.5. The Morgan fingerprint density at radius 3 is 2.69 bits per heavy atom. The van der Waals surface area contributed by atoms with Gasteiger partial charge in [-0.2, -0.15) is 0 Å². The highest BCUT2D eigenvalue weighted by atomic mass is 16.5. The number of likely N-dealkylation sites (tertiary alicyclic amines) is 1. The molecule has 94 valence electrons. The topological polar surface area (TPSA) is 24.5 Å². The molecule has 3 atom stereocenters. The predicted octanol–water partition coefficient (Wildman–Crippen LogP) is 1.63. The van der Waals surface area contributed by atoms with Crippen LogP contribution in [0.1, 0.15) is 39.5 Å². The van der Waals surface area contributed by atoms with Crippen molar-refractivity contribution in [1.29, 1.82) is 0 Å². The summed E-state index contributed by atoms with van der Waals surface area (Å²) in [6.45, 7) is 7.04. The molecular weight excluding hydrogens is 200 g/mol. The van der Waals surface area contributed by atoms with Crippen molar-refractivity contribution in [2.45, 2.75) is 63.8 Å². The van der Waals surface area contributed by atoms with Gasteiger partial charge in [-0.1, -0.05) is 0 Å². The Hall–Kier alpha value is -0.120. The molecule has 2 rings (SSSR count). The third kappa shape index (κ3) is 2.76. The minimum atomic E-state index is 0.452. The van der Waals surface area contributed by atoms with E-state index in [1.165, 1.54) is 38.8 Å². The molecule has 1 aliphatic heterocycles. The van der Waals surface area contributed by atoms with Crippen LogP contribution in [0, 0.1) is 0 Å². The van der Waals surface area contributed by atoms with Crippen LogP contribution in [0.4, 0.5) is 0 Å². The van der Waals surface area contributed by atoms with Crippen LogP contribution in [0.5, 0.6) is 0 Å². The summed E-state index contributed by atoms with van der Waals surface area (Å²) in [4.78, 5) is 2.56. The molecule has 0 bridgehead atoms. The first-order valence-electron chi connectivity index (χ1n) is 6.73. The van der Waals surface area contributed by atoms with Gasteiger partial charge in [-0.05, 0) is 46.1 Å². The van der Waals surface area contributed by atoms with Gasteiger partial charge in [0.1, 0.15) is 0 Å². The average molecular weight is 226 g/mol. The first kappa shape index (κ1) is 12.3. The van der Waals surface area contributed by atoms with Gasteiger partial charge in [0.05, 0.1) is 6.10 Å². The second-order valence-electron chi connectivity index (χ2n) is 5.55. The van der Waals surface area contributed by atoms with Crippen LogP contribution in [0.25, 0.3) is 0 Å².